The van der Waals surface area contributed by atoms with E-state index in [0.29, 0.717) is 4.47 Å². The molecule has 0 saturated carbocycles. The zero-order chi connectivity index (χ0) is 13.5. The van der Waals surface area contributed by atoms with Crippen LogP contribution >= 0.6 is 15.9 Å². The Morgan fingerprint density at radius 1 is 1.56 bits per heavy atom. The van der Waals surface area contributed by atoms with Gasteiger partial charge < -0.3 is 20.3 Å². The average Bonchev–Trinajstić information content (AvgIpc) is 2.34. The molecule has 1 aromatic rings. The van der Waals surface area contributed by atoms with Crippen LogP contribution in [-0.4, -0.2) is 42.0 Å². The van der Waals surface area contributed by atoms with Crippen molar-refractivity contribution in [3.8, 4) is 5.75 Å². The van der Waals surface area contributed by atoms with E-state index in [9.17, 15) is 9.18 Å². The summed E-state index contributed by atoms with van der Waals surface area (Å²) in [5.41, 5.74) is 0. The van der Waals surface area contributed by atoms with Crippen LogP contribution in [0, 0.1) is 5.82 Å². The molecule has 0 heterocycles. The summed E-state index contributed by atoms with van der Waals surface area (Å²) >= 11 is 3.10. The minimum atomic E-state index is -1.02. The highest BCUT2D eigenvalue weighted by molar-refractivity contribution is 9.10. The van der Waals surface area contributed by atoms with Crippen molar-refractivity contribution in [1.29, 1.82) is 0 Å². The molecule has 1 amide bonds. The highest BCUT2D eigenvalue weighted by Crippen LogP contribution is 2.21. The van der Waals surface area contributed by atoms with Gasteiger partial charge >= 0.3 is 0 Å². The SMILES string of the molecule is O=C(COc1ccc(Br)cc1F)NCC(O)CO. The Labute approximate surface area is 112 Å². The Bertz CT molecular complexity index is 416. The molecule has 0 spiro atoms. The van der Waals surface area contributed by atoms with Gasteiger partial charge in [-0.25, -0.2) is 4.39 Å². The number of halogens is 2. The number of hydrogen-bond donors (Lipinski definition) is 3. The number of carbonyl (C=O) groups excluding carboxylic acids is 1. The smallest absolute Gasteiger partial charge is 0.258 e. The normalized spacial score (nSPS) is 12.0. The third-order valence-corrected chi connectivity index (χ3v) is 2.49. The third-order valence-electron chi connectivity index (χ3n) is 2.00. The molecule has 18 heavy (non-hydrogen) atoms. The maximum atomic E-state index is 13.3. The number of carbonyl (C=O) groups is 1. The van der Waals surface area contributed by atoms with Gasteiger partial charge in [0.25, 0.3) is 5.91 Å². The molecular formula is C11H13BrFNO4. The van der Waals surface area contributed by atoms with Crippen LogP contribution < -0.4 is 10.1 Å². The second kappa shape index (κ2) is 7.30. The van der Waals surface area contributed by atoms with Crippen molar-refractivity contribution in [2.45, 2.75) is 6.10 Å². The number of aliphatic hydroxyl groups excluding tert-OH is 2. The van der Waals surface area contributed by atoms with Crippen molar-refractivity contribution < 1.29 is 24.1 Å². The molecule has 0 aliphatic rings. The number of nitrogens with one attached hydrogen (secondary N) is 1. The Balaban J connectivity index is 2.38. The fraction of sp³-hybridized carbons (Fsp3) is 0.364. The summed E-state index contributed by atoms with van der Waals surface area (Å²) in [5.74, 6) is -1.12. The highest BCUT2D eigenvalue weighted by atomic mass is 79.9. The molecule has 0 radical (unpaired) electrons. The highest BCUT2D eigenvalue weighted by Gasteiger charge is 2.09. The molecule has 0 saturated heterocycles. The first-order valence-corrected chi connectivity index (χ1v) is 5.95. The van der Waals surface area contributed by atoms with Gasteiger partial charge in [0.2, 0.25) is 0 Å². The van der Waals surface area contributed by atoms with Gasteiger partial charge in [0.05, 0.1) is 12.7 Å². The van der Waals surface area contributed by atoms with Crippen LogP contribution in [0.1, 0.15) is 0 Å². The molecule has 0 aromatic heterocycles. The van der Waals surface area contributed by atoms with Crippen molar-refractivity contribution in [1.82, 2.24) is 5.32 Å². The molecule has 5 nitrogen and oxygen atoms in total. The Morgan fingerprint density at radius 3 is 2.89 bits per heavy atom. The summed E-state index contributed by atoms with van der Waals surface area (Å²) in [4.78, 5) is 11.3. The zero-order valence-electron chi connectivity index (χ0n) is 9.40. The van der Waals surface area contributed by atoms with E-state index in [1.807, 2.05) is 0 Å². The molecule has 1 atom stereocenters. The Kier molecular flexibility index (Phi) is 6.03. The summed E-state index contributed by atoms with van der Waals surface area (Å²) in [6.07, 6.45) is -1.02. The predicted molar refractivity (Wildman–Crippen MR) is 65.7 cm³/mol. The quantitative estimate of drug-likeness (QED) is 0.710. The van der Waals surface area contributed by atoms with Gasteiger partial charge in [0.15, 0.2) is 18.2 Å². The molecule has 7 heteroatoms. The molecule has 100 valence electrons. The summed E-state index contributed by atoms with van der Waals surface area (Å²) in [6.45, 7) is -0.888. The molecule has 1 aromatic carbocycles. The molecule has 0 aliphatic carbocycles. The minimum absolute atomic E-state index is 0.0314. The lowest BCUT2D eigenvalue weighted by molar-refractivity contribution is -0.123. The number of hydrogen-bond acceptors (Lipinski definition) is 4. The van der Waals surface area contributed by atoms with E-state index in [0.717, 1.165) is 0 Å². The van der Waals surface area contributed by atoms with Crippen LogP contribution in [0.15, 0.2) is 22.7 Å². The number of rotatable bonds is 6. The lowest BCUT2D eigenvalue weighted by atomic mass is 10.3. The molecule has 0 fully saturated rings. The van der Waals surface area contributed by atoms with Crippen LogP contribution in [0.2, 0.25) is 0 Å². The molecule has 3 N–H and O–H groups in total. The van der Waals surface area contributed by atoms with Crippen molar-refractivity contribution in [3.63, 3.8) is 0 Å². The van der Waals surface area contributed by atoms with E-state index >= 15 is 0 Å². The summed E-state index contributed by atoms with van der Waals surface area (Å²) < 4.78 is 18.8. The van der Waals surface area contributed by atoms with E-state index in [-0.39, 0.29) is 18.9 Å². The van der Waals surface area contributed by atoms with Crippen molar-refractivity contribution in [3.05, 3.63) is 28.5 Å². The van der Waals surface area contributed by atoms with Gasteiger partial charge in [0.1, 0.15) is 0 Å². The largest absolute Gasteiger partial charge is 0.481 e. The lowest BCUT2D eigenvalue weighted by Gasteiger charge is -2.10. The van der Waals surface area contributed by atoms with Gasteiger partial charge in [-0.05, 0) is 18.2 Å². The van der Waals surface area contributed by atoms with Crippen molar-refractivity contribution >= 4 is 21.8 Å². The molecule has 0 aliphatic heterocycles. The van der Waals surface area contributed by atoms with E-state index in [4.69, 9.17) is 14.9 Å². The minimum Gasteiger partial charge on any atom is -0.481 e. The Hall–Kier alpha value is -1.18. The first-order valence-electron chi connectivity index (χ1n) is 5.16. The van der Waals surface area contributed by atoms with Gasteiger partial charge in [-0.2, -0.15) is 0 Å². The topological polar surface area (TPSA) is 78.8 Å². The average molecular weight is 322 g/mol. The van der Waals surface area contributed by atoms with Gasteiger partial charge in [0, 0.05) is 11.0 Å². The van der Waals surface area contributed by atoms with Gasteiger partial charge in [-0.15, -0.1) is 0 Å². The molecular weight excluding hydrogens is 309 g/mol. The fourth-order valence-electron chi connectivity index (χ4n) is 1.08. The number of ether oxygens (including phenoxy) is 1. The first kappa shape index (κ1) is 14.9. The second-order valence-corrected chi connectivity index (χ2v) is 4.42. The maximum absolute atomic E-state index is 13.3. The first-order chi connectivity index (χ1) is 8.52. The zero-order valence-corrected chi connectivity index (χ0v) is 11.0. The van der Waals surface area contributed by atoms with E-state index in [1.54, 1.807) is 6.07 Å². The van der Waals surface area contributed by atoms with Crippen LogP contribution in [0.25, 0.3) is 0 Å². The predicted octanol–water partition coefficient (Wildman–Crippen LogP) is 0.436. The maximum Gasteiger partial charge on any atom is 0.258 e. The lowest BCUT2D eigenvalue weighted by Crippen LogP contribution is -2.36. The molecule has 1 rings (SSSR count). The monoisotopic (exact) mass is 321 g/mol. The summed E-state index contributed by atoms with van der Waals surface area (Å²) in [7, 11) is 0. The van der Waals surface area contributed by atoms with Crippen LogP contribution in [0.3, 0.4) is 0 Å². The second-order valence-electron chi connectivity index (χ2n) is 3.50. The van der Waals surface area contributed by atoms with E-state index in [2.05, 4.69) is 21.2 Å². The van der Waals surface area contributed by atoms with Crippen molar-refractivity contribution in [2.24, 2.45) is 0 Å². The van der Waals surface area contributed by atoms with Gasteiger partial charge in [-0.3, -0.25) is 4.79 Å². The van der Waals surface area contributed by atoms with E-state index in [1.165, 1.54) is 12.1 Å². The molecule has 1 unspecified atom stereocenters. The van der Waals surface area contributed by atoms with Gasteiger partial charge in [-0.1, -0.05) is 15.9 Å². The number of benzene rings is 1. The third kappa shape index (κ3) is 4.99. The standard InChI is InChI=1S/C11H13BrFNO4/c12-7-1-2-10(9(13)3-7)18-6-11(17)14-4-8(16)5-15/h1-3,8,15-16H,4-6H2,(H,14,17). The van der Waals surface area contributed by atoms with Crippen LogP contribution in [-0.2, 0) is 4.79 Å². The summed E-state index contributed by atoms with van der Waals surface area (Å²) in [5, 5.41) is 19.9. The van der Waals surface area contributed by atoms with E-state index < -0.39 is 24.4 Å². The fourth-order valence-corrected chi connectivity index (χ4v) is 1.42. The van der Waals surface area contributed by atoms with Crippen LogP contribution in [0.4, 0.5) is 4.39 Å². The number of amides is 1. The van der Waals surface area contributed by atoms with Crippen molar-refractivity contribution in [2.75, 3.05) is 19.8 Å². The summed E-state index contributed by atoms with van der Waals surface area (Å²) in [6, 6.07) is 4.21. The molecule has 0 bridgehead atoms. The Morgan fingerprint density at radius 2 is 2.28 bits per heavy atom. The number of aliphatic hydroxyl groups is 2. The van der Waals surface area contributed by atoms with Crippen LogP contribution in [0.5, 0.6) is 5.75 Å².